The molecule has 0 unspecified atom stereocenters. The summed E-state index contributed by atoms with van der Waals surface area (Å²) in [5, 5.41) is 3.63. The first-order valence-electron chi connectivity index (χ1n) is 10.2. The van der Waals surface area contributed by atoms with Crippen LogP contribution >= 0.6 is 0 Å². The number of carbonyl (C=O) groups is 1. The average Bonchev–Trinajstić information content (AvgIpc) is 2.67. The summed E-state index contributed by atoms with van der Waals surface area (Å²) in [4.78, 5) is 20.7. The normalized spacial score (nSPS) is 29.5. The zero-order valence-corrected chi connectivity index (χ0v) is 16.1. The zero-order chi connectivity index (χ0) is 20.0. The largest absolute Gasteiger partial charge is 0.393 e. The fraction of sp³-hybridized carbons (Fsp3) is 0.476. The number of aromatic nitrogens is 2. The van der Waals surface area contributed by atoms with Crippen LogP contribution in [0.5, 0.6) is 0 Å². The number of rotatable bonds is 5. The van der Waals surface area contributed by atoms with E-state index < -0.39 is 11.7 Å². The van der Waals surface area contributed by atoms with Crippen LogP contribution in [0.4, 0.5) is 21.7 Å². The average molecular weight is 396 g/mol. The minimum atomic E-state index is -0.600. The van der Waals surface area contributed by atoms with Crippen molar-refractivity contribution >= 4 is 23.2 Å². The second kappa shape index (κ2) is 6.86. The number of amides is 1. The molecule has 0 radical (unpaired) electrons. The Labute approximate surface area is 168 Å². The van der Waals surface area contributed by atoms with Gasteiger partial charge in [-0.15, -0.1) is 0 Å². The third-order valence-corrected chi connectivity index (χ3v) is 6.72. The second-order valence-corrected chi connectivity index (χ2v) is 8.87. The standard InChI is InChI=1S/C21H25FN6O/c22-16-4-2-1-3-15(16)20(29)28-27-19-17(23)18(24-11-25-19)26-21-8-12-5-13(9-21)7-14(6-12)10-21/h1-4,11-14H,5-10,23H2,(H,28,29)(H2,24,25,26,27). The van der Waals surface area contributed by atoms with Crippen molar-refractivity contribution in [1.29, 1.82) is 0 Å². The lowest BCUT2D eigenvalue weighted by Gasteiger charge is -2.57. The predicted molar refractivity (Wildman–Crippen MR) is 108 cm³/mol. The van der Waals surface area contributed by atoms with Gasteiger partial charge in [0.2, 0.25) is 0 Å². The van der Waals surface area contributed by atoms with Gasteiger partial charge in [0.1, 0.15) is 17.8 Å². The van der Waals surface area contributed by atoms with E-state index in [-0.39, 0.29) is 16.9 Å². The number of anilines is 3. The maximum Gasteiger partial charge on any atom is 0.272 e. The van der Waals surface area contributed by atoms with E-state index in [1.807, 2.05) is 0 Å². The van der Waals surface area contributed by atoms with Gasteiger partial charge in [0.05, 0.1) is 5.56 Å². The summed E-state index contributed by atoms with van der Waals surface area (Å²) >= 11 is 0. The number of nitrogen functional groups attached to an aromatic ring is 1. The van der Waals surface area contributed by atoms with Crippen molar-refractivity contribution in [1.82, 2.24) is 15.4 Å². The highest BCUT2D eigenvalue weighted by molar-refractivity contribution is 5.95. The Morgan fingerprint density at radius 2 is 1.66 bits per heavy atom. The fourth-order valence-electron chi connectivity index (χ4n) is 5.94. The number of hydrazine groups is 1. The van der Waals surface area contributed by atoms with Crippen LogP contribution in [0, 0.1) is 23.6 Å². The van der Waals surface area contributed by atoms with Crippen molar-refractivity contribution in [2.45, 2.75) is 44.1 Å². The van der Waals surface area contributed by atoms with E-state index in [1.165, 1.54) is 43.8 Å². The van der Waals surface area contributed by atoms with Crippen LogP contribution in [0.2, 0.25) is 0 Å². The molecule has 0 atom stereocenters. The molecule has 2 aromatic rings. The van der Waals surface area contributed by atoms with Crippen LogP contribution in [0.25, 0.3) is 0 Å². The van der Waals surface area contributed by atoms with E-state index in [9.17, 15) is 9.18 Å². The molecule has 4 bridgehead atoms. The van der Waals surface area contributed by atoms with Crippen LogP contribution < -0.4 is 21.9 Å². The Morgan fingerprint density at radius 3 is 2.31 bits per heavy atom. The summed E-state index contributed by atoms with van der Waals surface area (Å²) in [5.41, 5.74) is 11.8. The Bertz CT molecular complexity index is 913. The number of halogens is 1. The number of benzene rings is 1. The molecule has 4 fully saturated rings. The van der Waals surface area contributed by atoms with Gasteiger partial charge in [0, 0.05) is 5.54 Å². The molecule has 4 aliphatic rings. The number of carbonyl (C=O) groups excluding carboxylic acids is 1. The van der Waals surface area contributed by atoms with E-state index in [4.69, 9.17) is 5.73 Å². The van der Waals surface area contributed by atoms with Gasteiger partial charge in [-0.25, -0.2) is 14.4 Å². The predicted octanol–water partition coefficient (Wildman–Crippen LogP) is 3.34. The maximum absolute atomic E-state index is 13.8. The highest BCUT2D eigenvalue weighted by atomic mass is 19.1. The molecular weight excluding hydrogens is 371 g/mol. The molecule has 6 rings (SSSR count). The van der Waals surface area contributed by atoms with Gasteiger partial charge in [-0.1, -0.05) is 12.1 Å². The Morgan fingerprint density at radius 1 is 1.03 bits per heavy atom. The van der Waals surface area contributed by atoms with Gasteiger partial charge in [0.15, 0.2) is 11.6 Å². The van der Waals surface area contributed by atoms with Crippen LogP contribution in [-0.4, -0.2) is 21.4 Å². The first-order chi connectivity index (χ1) is 14.0. The molecule has 0 saturated heterocycles. The van der Waals surface area contributed by atoms with E-state index in [0.717, 1.165) is 37.0 Å². The lowest BCUT2D eigenvalue weighted by atomic mass is 9.53. The number of hydrogen-bond donors (Lipinski definition) is 4. The van der Waals surface area contributed by atoms with Crippen molar-refractivity contribution in [3.63, 3.8) is 0 Å². The summed E-state index contributed by atoms with van der Waals surface area (Å²) in [7, 11) is 0. The summed E-state index contributed by atoms with van der Waals surface area (Å²) in [6.45, 7) is 0. The van der Waals surface area contributed by atoms with Crippen molar-refractivity contribution in [3.05, 3.63) is 42.0 Å². The monoisotopic (exact) mass is 396 g/mol. The van der Waals surface area contributed by atoms with E-state index in [2.05, 4.69) is 26.1 Å². The summed E-state index contributed by atoms with van der Waals surface area (Å²) in [6.07, 6.45) is 8.97. The maximum atomic E-state index is 13.8. The number of nitrogens with one attached hydrogen (secondary N) is 3. The zero-order valence-electron chi connectivity index (χ0n) is 16.1. The van der Waals surface area contributed by atoms with Crippen LogP contribution in [0.1, 0.15) is 48.9 Å². The highest BCUT2D eigenvalue weighted by Gasteiger charge is 2.51. The summed E-state index contributed by atoms with van der Waals surface area (Å²) in [6, 6.07) is 5.78. The van der Waals surface area contributed by atoms with Gasteiger partial charge in [-0.05, 0) is 68.4 Å². The van der Waals surface area contributed by atoms with Crippen molar-refractivity contribution < 1.29 is 9.18 Å². The Kier molecular flexibility index (Phi) is 4.29. The molecule has 29 heavy (non-hydrogen) atoms. The third kappa shape index (κ3) is 3.36. The molecule has 1 aromatic heterocycles. The smallest absolute Gasteiger partial charge is 0.272 e. The fourth-order valence-corrected chi connectivity index (χ4v) is 5.94. The number of nitrogens with two attached hydrogens (primary N) is 1. The number of hydrogen-bond acceptors (Lipinski definition) is 6. The molecule has 1 amide bonds. The summed E-state index contributed by atoms with van der Waals surface area (Å²) < 4.78 is 13.8. The van der Waals surface area contributed by atoms with Gasteiger partial charge in [-0.3, -0.25) is 15.6 Å². The highest BCUT2D eigenvalue weighted by Crippen LogP contribution is 2.56. The topological polar surface area (TPSA) is 105 Å². The van der Waals surface area contributed by atoms with Gasteiger partial charge in [-0.2, -0.15) is 0 Å². The van der Waals surface area contributed by atoms with Crippen molar-refractivity contribution in [2.24, 2.45) is 17.8 Å². The molecular formula is C21H25FN6O. The van der Waals surface area contributed by atoms with Gasteiger partial charge in [0.25, 0.3) is 5.91 Å². The second-order valence-electron chi connectivity index (χ2n) is 8.87. The molecule has 1 heterocycles. The lowest BCUT2D eigenvalue weighted by Crippen LogP contribution is -2.55. The molecule has 4 aliphatic carbocycles. The van der Waals surface area contributed by atoms with Crippen LogP contribution in [0.15, 0.2) is 30.6 Å². The molecule has 0 aliphatic heterocycles. The van der Waals surface area contributed by atoms with Gasteiger partial charge >= 0.3 is 0 Å². The van der Waals surface area contributed by atoms with Gasteiger partial charge < -0.3 is 11.1 Å². The minimum Gasteiger partial charge on any atom is -0.393 e. The molecule has 4 saturated carbocycles. The first kappa shape index (κ1) is 18.1. The summed E-state index contributed by atoms with van der Waals surface area (Å²) in [5.74, 6) is 2.09. The van der Waals surface area contributed by atoms with E-state index in [1.54, 1.807) is 6.07 Å². The van der Waals surface area contributed by atoms with Crippen molar-refractivity contribution in [2.75, 3.05) is 16.5 Å². The molecule has 8 heteroatoms. The molecule has 5 N–H and O–H groups in total. The number of nitrogens with zero attached hydrogens (tertiary/aromatic N) is 2. The molecule has 7 nitrogen and oxygen atoms in total. The SMILES string of the molecule is Nc1c(NNC(=O)c2ccccc2F)ncnc1NC12CC3CC(CC(C3)C1)C2. The minimum absolute atomic E-state index is 0.0560. The lowest BCUT2D eigenvalue weighted by molar-refractivity contribution is 0.0106. The molecule has 152 valence electrons. The van der Waals surface area contributed by atoms with E-state index >= 15 is 0 Å². The first-order valence-corrected chi connectivity index (χ1v) is 10.2. The van der Waals surface area contributed by atoms with Crippen LogP contribution in [-0.2, 0) is 0 Å². The molecule has 0 spiro atoms. The Hall–Kier alpha value is -2.90. The third-order valence-electron chi connectivity index (χ3n) is 6.72. The van der Waals surface area contributed by atoms with E-state index in [0.29, 0.717) is 11.5 Å². The molecule has 1 aromatic carbocycles. The Balaban J connectivity index is 1.30. The van der Waals surface area contributed by atoms with Crippen molar-refractivity contribution in [3.8, 4) is 0 Å². The quantitative estimate of drug-likeness (QED) is 0.578. The van der Waals surface area contributed by atoms with Crippen LogP contribution in [0.3, 0.4) is 0 Å².